The second-order valence-corrected chi connectivity index (χ2v) is 15.1. The third-order valence-electron chi connectivity index (χ3n) is 8.28. The lowest BCUT2D eigenvalue weighted by Gasteiger charge is -2.37. The molecule has 0 amide bonds. The van der Waals surface area contributed by atoms with E-state index in [1.54, 1.807) is 0 Å². The molecule has 0 bridgehead atoms. The molecule has 5 aromatic rings. The minimum atomic E-state index is -1.96. The predicted molar refractivity (Wildman–Crippen MR) is 161 cm³/mol. The smallest absolute Gasteiger partial charge is 0.151 e. The first-order valence-electron chi connectivity index (χ1n) is 13.9. The van der Waals surface area contributed by atoms with E-state index in [9.17, 15) is 0 Å². The molecule has 2 aliphatic heterocycles. The van der Waals surface area contributed by atoms with Crippen LogP contribution in [0.1, 0.15) is 30.7 Å². The Morgan fingerprint density at radius 1 is 0.718 bits per heavy atom. The first kappa shape index (κ1) is 23.9. The van der Waals surface area contributed by atoms with E-state index in [0.717, 1.165) is 45.6 Å². The van der Waals surface area contributed by atoms with Crippen molar-refractivity contribution in [1.82, 2.24) is 14.8 Å². The molecule has 0 aliphatic carbocycles. The molecule has 0 atom stereocenters. The van der Waals surface area contributed by atoms with E-state index in [1.165, 1.54) is 41.9 Å². The summed E-state index contributed by atoms with van der Waals surface area (Å²) in [7, 11) is -1.96. The van der Waals surface area contributed by atoms with Gasteiger partial charge in [0.15, 0.2) is 11.5 Å². The van der Waals surface area contributed by atoms with E-state index < -0.39 is 8.07 Å². The number of ether oxygens (including phenoxy) is 1. The van der Waals surface area contributed by atoms with Crippen LogP contribution in [-0.4, -0.2) is 22.8 Å². The Morgan fingerprint density at radius 3 is 2.33 bits per heavy atom. The Morgan fingerprint density at radius 2 is 1.54 bits per heavy atom. The van der Waals surface area contributed by atoms with Gasteiger partial charge in [-0.25, -0.2) is 4.68 Å². The maximum Gasteiger partial charge on any atom is 0.151 e. The summed E-state index contributed by atoms with van der Waals surface area (Å²) in [6.07, 6.45) is 5.85. The SMILES string of the molecule is Cc1cc(C)n(-c2ccc3c(c2)N(c2cccc([Si]4(c5ccccn5)CCCCC4)c2)c2ccccc2O3)n1. The first-order valence-corrected chi connectivity index (χ1v) is 16.3. The van der Waals surface area contributed by atoms with Crippen molar-refractivity contribution in [3.8, 4) is 17.2 Å². The molecule has 2 aliphatic rings. The molecule has 1 saturated heterocycles. The maximum atomic E-state index is 6.42. The Hall–Kier alpha value is -4.16. The molecular weight excluding hydrogens is 496 g/mol. The van der Waals surface area contributed by atoms with Crippen LogP contribution < -0.4 is 20.1 Å². The van der Waals surface area contributed by atoms with Crippen LogP contribution in [0, 0.1) is 13.8 Å². The van der Waals surface area contributed by atoms with Gasteiger partial charge < -0.3 is 9.64 Å². The molecule has 3 aromatic carbocycles. The summed E-state index contributed by atoms with van der Waals surface area (Å²) in [4.78, 5) is 7.30. The fraction of sp³-hybridized carbons (Fsp3) is 0.212. The van der Waals surface area contributed by atoms with Gasteiger partial charge in [-0.05, 0) is 86.6 Å². The number of pyridine rings is 1. The molecule has 194 valence electrons. The molecular formula is C33H32N4OSi. The highest BCUT2D eigenvalue weighted by Crippen LogP contribution is 2.50. The van der Waals surface area contributed by atoms with E-state index in [-0.39, 0.29) is 0 Å². The van der Waals surface area contributed by atoms with Crippen molar-refractivity contribution in [1.29, 1.82) is 0 Å². The van der Waals surface area contributed by atoms with Crippen molar-refractivity contribution in [2.75, 3.05) is 4.90 Å². The molecule has 6 heteroatoms. The average molecular weight is 529 g/mol. The number of nitrogens with zero attached hydrogens (tertiary/aromatic N) is 4. The Kier molecular flexibility index (Phi) is 5.85. The number of aromatic nitrogens is 3. The van der Waals surface area contributed by atoms with Gasteiger partial charge in [0.25, 0.3) is 0 Å². The van der Waals surface area contributed by atoms with Gasteiger partial charge in [-0.1, -0.05) is 54.8 Å². The standard InChI is InChI=1S/C33H32N4OSi/c1-24-21-25(2)37(35-24)27-16-17-32-30(23-27)36(29-13-4-5-14-31(29)38-32)26-11-10-12-28(22-26)39(19-8-3-9-20-39)33-15-6-7-18-34-33/h4-7,10-18,21-23H,3,8-9,19-20H2,1-2H3. The molecule has 4 heterocycles. The molecule has 2 aromatic heterocycles. The third-order valence-corrected chi connectivity index (χ3v) is 13.4. The van der Waals surface area contributed by atoms with Gasteiger partial charge in [-0.2, -0.15) is 5.10 Å². The van der Waals surface area contributed by atoms with Crippen molar-refractivity contribution in [3.63, 3.8) is 0 Å². The van der Waals surface area contributed by atoms with Crippen LogP contribution in [0.2, 0.25) is 12.1 Å². The van der Waals surface area contributed by atoms with Crippen LogP contribution >= 0.6 is 0 Å². The van der Waals surface area contributed by atoms with Gasteiger partial charge in [0.2, 0.25) is 0 Å². The van der Waals surface area contributed by atoms with Crippen LogP contribution in [-0.2, 0) is 0 Å². The van der Waals surface area contributed by atoms with Crippen LogP contribution in [0.5, 0.6) is 11.5 Å². The van der Waals surface area contributed by atoms with Gasteiger partial charge in [-0.15, -0.1) is 0 Å². The average Bonchev–Trinajstić information content (AvgIpc) is 3.34. The van der Waals surface area contributed by atoms with E-state index in [1.807, 2.05) is 29.9 Å². The molecule has 0 spiro atoms. The number of hydrogen-bond acceptors (Lipinski definition) is 4. The van der Waals surface area contributed by atoms with Gasteiger partial charge >= 0.3 is 0 Å². The molecule has 5 nitrogen and oxygen atoms in total. The molecule has 0 N–H and O–H groups in total. The highest BCUT2D eigenvalue weighted by atomic mass is 28.3. The monoisotopic (exact) mass is 528 g/mol. The van der Waals surface area contributed by atoms with Crippen molar-refractivity contribution < 1.29 is 4.74 Å². The number of fused-ring (bicyclic) bond motifs is 2. The van der Waals surface area contributed by atoms with Gasteiger partial charge in [0.1, 0.15) is 8.07 Å². The molecule has 0 saturated carbocycles. The fourth-order valence-corrected chi connectivity index (χ4v) is 11.4. The molecule has 1 fully saturated rings. The maximum absolute atomic E-state index is 6.42. The molecule has 0 unspecified atom stereocenters. The summed E-state index contributed by atoms with van der Waals surface area (Å²) in [5.74, 6) is 1.71. The normalized spacial score (nSPS) is 15.8. The second-order valence-electron chi connectivity index (χ2n) is 10.8. The zero-order valence-electron chi connectivity index (χ0n) is 22.5. The van der Waals surface area contributed by atoms with Crippen LogP contribution in [0.4, 0.5) is 17.1 Å². The first-order chi connectivity index (χ1) is 19.1. The quantitative estimate of drug-likeness (QED) is 0.227. The number of para-hydroxylation sites is 2. The van der Waals surface area contributed by atoms with E-state index in [0.29, 0.717) is 0 Å². The Balaban J connectivity index is 1.40. The van der Waals surface area contributed by atoms with Crippen molar-refractivity contribution >= 4 is 35.6 Å². The summed E-state index contributed by atoms with van der Waals surface area (Å²) >= 11 is 0. The van der Waals surface area contributed by atoms with Crippen molar-refractivity contribution in [2.45, 2.75) is 45.2 Å². The highest BCUT2D eigenvalue weighted by Gasteiger charge is 2.40. The zero-order chi connectivity index (χ0) is 26.4. The highest BCUT2D eigenvalue weighted by molar-refractivity contribution is 7.02. The summed E-state index contributed by atoms with van der Waals surface area (Å²) < 4.78 is 8.43. The summed E-state index contributed by atoms with van der Waals surface area (Å²) in [5.41, 5.74) is 6.36. The third kappa shape index (κ3) is 4.07. The molecule has 0 radical (unpaired) electrons. The van der Waals surface area contributed by atoms with Crippen LogP contribution in [0.25, 0.3) is 5.69 Å². The van der Waals surface area contributed by atoms with Gasteiger partial charge in [-0.3, -0.25) is 4.98 Å². The number of aryl methyl sites for hydroxylation is 2. The minimum Gasteiger partial charge on any atom is -0.453 e. The summed E-state index contributed by atoms with van der Waals surface area (Å²) in [5, 5.41) is 7.53. The number of hydrogen-bond donors (Lipinski definition) is 0. The van der Waals surface area contributed by atoms with Gasteiger partial charge in [0.05, 0.1) is 22.8 Å². The lowest BCUT2D eigenvalue weighted by atomic mass is 10.1. The number of anilines is 3. The summed E-state index contributed by atoms with van der Waals surface area (Å²) in [6.45, 7) is 4.13. The van der Waals surface area contributed by atoms with Crippen LogP contribution in [0.15, 0.2) is 97.2 Å². The molecule has 7 rings (SSSR count). The topological polar surface area (TPSA) is 43.2 Å². The number of rotatable bonds is 4. The largest absolute Gasteiger partial charge is 0.453 e. The molecule has 39 heavy (non-hydrogen) atoms. The predicted octanol–water partition coefficient (Wildman–Crippen LogP) is 7.21. The van der Waals surface area contributed by atoms with E-state index in [2.05, 4.69) is 90.7 Å². The lowest BCUT2D eigenvalue weighted by Crippen LogP contribution is -2.60. The van der Waals surface area contributed by atoms with Crippen molar-refractivity contribution in [3.05, 3.63) is 109 Å². The van der Waals surface area contributed by atoms with Crippen LogP contribution in [0.3, 0.4) is 0 Å². The van der Waals surface area contributed by atoms with Crippen molar-refractivity contribution in [2.24, 2.45) is 0 Å². The Labute approximate surface area is 230 Å². The van der Waals surface area contributed by atoms with E-state index in [4.69, 9.17) is 14.8 Å². The summed E-state index contributed by atoms with van der Waals surface area (Å²) in [6, 6.07) is 35.0. The zero-order valence-corrected chi connectivity index (χ0v) is 23.5. The fourth-order valence-electron chi connectivity index (χ4n) is 6.48. The Bertz CT molecular complexity index is 1660. The van der Waals surface area contributed by atoms with Gasteiger partial charge in [0, 0.05) is 22.9 Å². The minimum absolute atomic E-state index is 0.846. The van der Waals surface area contributed by atoms with E-state index >= 15 is 0 Å². The lowest BCUT2D eigenvalue weighted by molar-refractivity contribution is 0.477. The second kappa shape index (κ2) is 9.54. The number of benzene rings is 3.